The molecule has 8 heteroatoms. The van der Waals surface area contributed by atoms with Gasteiger partial charge in [0.05, 0.1) is 18.1 Å². The minimum absolute atomic E-state index is 0.127. The van der Waals surface area contributed by atoms with Crippen LogP contribution in [0, 0.1) is 0 Å². The zero-order valence-corrected chi connectivity index (χ0v) is 12.9. The van der Waals surface area contributed by atoms with Crippen LogP contribution in [0.25, 0.3) is 4.96 Å². The molecule has 0 amide bonds. The average Bonchev–Trinajstić information content (AvgIpc) is 3.22. The number of fused-ring (bicyclic) bond motifs is 1. The predicted octanol–water partition coefficient (Wildman–Crippen LogP) is 0.562. The Labute approximate surface area is 129 Å². The number of aromatic hydroxyl groups is 1. The van der Waals surface area contributed by atoms with Crippen molar-refractivity contribution in [1.82, 2.24) is 14.6 Å². The number of nitrogens with zero attached hydrogens (tertiary/aromatic N) is 3. The fraction of sp³-hybridized carbons (Fsp3) is 0.385. The topological polar surface area (TPSA) is 64.1 Å². The number of nitrogens with one attached hydrogen (secondary N) is 1. The Kier molecular flexibility index (Phi) is 3.38. The van der Waals surface area contributed by atoms with Crippen molar-refractivity contribution in [3.63, 3.8) is 0 Å². The highest BCUT2D eigenvalue weighted by molar-refractivity contribution is 7.17. The van der Waals surface area contributed by atoms with Crippen LogP contribution in [0.1, 0.15) is 15.8 Å². The van der Waals surface area contributed by atoms with Crippen LogP contribution in [0.5, 0.6) is 5.88 Å². The maximum Gasteiger partial charge on any atom is 0.235 e. The van der Waals surface area contributed by atoms with Gasteiger partial charge in [-0.15, -0.1) is 11.3 Å². The van der Waals surface area contributed by atoms with Gasteiger partial charge >= 0.3 is 0 Å². The van der Waals surface area contributed by atoms with Gasteiger partial charge in [-0.25, -0.2) is 4.98 Å². The third-order valence-electron chi connectivity index (χ3n) is 3.77. The molecule has 1 saturated heterocycles. The normalized spacial score (nSPS) is 18.3. The molecule has 110 valence electrons. The van der Waals surface area contributed by atoms with E-state index in [1.54, 1.807) is 11.3 Å². The quantitative estimate of drug-likeness (QED) is 0.739. The van der Waals surface area contributed by atoms with Crippen molar-refractivity contribution in [2.24, 2.45) is 0 Å². The summed E-state index contributed by atoms with van der Waals surface area (Å²) in [6.07, 6.45) is 1.47. The summed E-state index contributed by atoms with van der Waals surface area (Å²) in [6.45, 7) is 3.41. The molecule has 4 heterocycles. The van der Waals surface area contributed by atoms with Gasteiger partial charge in [-0.3, -0.25) is 0 Å². The molecule has 0 aromatic carbocycles. The van der Waals surface area contributed by atoms with Gasteiger partial charge in [-0.2, -0.15) is 9.61 Å². The molecular weight excluding hydrogens is 308 g/mol. The lowest BCUT2D eigenvalue weighted by atomic mass is 10.1. The Morgan fingerprint density at radius 1 is 1.38 bits per heavy atom. The molecule has 2 N–H and O–H groups in total. The summed E-state index contributed by atoms with van der Waals surface area (Å²) in [4.78, 5) is 8.53. The van der Waals surface area contributed by atoms with Crippen molar-refractivity contribution >= 4 is 27.6 Å². The van der Waals surface area contributed by atoms with Crippen molar-refractivity contribution in [2.75, 3.05) is 26.3 Å². The highest BCUT2D eigenvalue weighted by atomic mass is 32.1. The van der Waals surface area contributed by atoms with Crippen LogP contribution in [0.4, 0.5) is 0 Å². The average molecular weight is 323 g/mol. The van der Waals surface area contributed by atoms with Gasteiger partial charge in [0.1, 0.15) is 24.3 Å². The van der Waals surface area contributed by atoms with Crippen molar-refractivity contribution in [3.05, 3.63) is 33.6 Å². The number of rotatable bonds is 3. The lowest BCUT2D eigenvalue weighted by Gasteiger charge is -2.30. The molecule has 6 nitrogen and oxygen atoms in total. The molecule has 21 heavy (non-hydrogen) atoms. The molecule has 3 aromatic heterocycles. The van der Waals surface area contributed by atoms with Crippen molar-refractivity contribution < 1.29 is 14.7 Å². The molecule has 0 spiro atoms. The molecule has 1 atom stereocenters. The van der Waals surface area contributed by atoms with Gasteiger partial charge in [-0.1, -0.05) is 17.4 Å². The molecule has 0 bridgehead atoms. The number of morpholine rings is 1. The molecule has 1 aliphatic heterocycles. The van der Waals surface area contributed by atoms with E-state index in [4.69, 9.17) is 4.74 Å². The molecule has 1 aliphatic rings. The summed E-state index contributed by atoms with van der Waals surface area (Å²) in [5.41, 5.74) is 0. The molecule has 1 fully saturated rings. The van der Waals surface area contributed by atoms with E-state index in [-0.39, 0.29) is 11.9 Å². The second kappa shape index (κ2) is 5.38. The Hall–Kier alpha value is -1.48. The summed E-state index contributed by atoms with van der Waals surface area (Å²) in [6, 6.07) is 4.32. The van der Waals surface area contributed by atoms with Crippen molar-refractivity contribution in [2.45, 2.75) is 6.04 Å². The number of aromatic nitrogens is 3. The van der Waals surface area contributed by atoms with Crippen LogP contribution < -0.4 is 4.90 Å². The van der Waals surface area contributed by atoms with Crippen LogP contribution in [-0.2, 0) is 4.74 Å². The van der Waals surface area contributed by atoms with E-state index >= 15 is 0 Å². The number of hydrogen-bond acceptors (Lipinski definition) is 6. The van der Waals surface area contributed by atoms with Crippen LogP contribution in [0.15, 0.2) is 23.8 Å². The Bertz CT molecular complexity index is 731. The van der Waals surface area contributed by atoms with Crippen LogP contribution in [-0.4, -0.2) is 46.0 Å². The second-order valence-electron chi connectivity index (χ2n) is 4.96. The van der Waals surface area contributed by atoms with E-state index in [9.17, 15) is 5.11 Å². The number of hydrogen-bond donors (Lipinski definition) is 2. The van der Waals surface area contributed by atoms with Gasteiger partial charge in [-0.05, 0) is 11.4 Å². The van der Waals surface area contributed by atoms with Crippen LogP contribution in [0.3, 0.4) is 0 Å². The summed E-state index contributed by atoms with van der Waals surface area (Å²) in [5.74, 6) is 0.213. The largest absolute Gasteiger partial charge is 0.492 e. The van der Waals surface area contributed by atoms with E-state index < -0.39 is 0 Å². The molecule has 4 rings (SSSR count). The summed E-state index contributed by atoms with van der Waals surface area (Å²) in [7, 11) is 0. The third-order valence-corrected chi connectivity index (χ3v) is 5.81. The predicted molar refractivity (Wildman–Crippen MR) is 80.2 cm³/mol. The van der Waals surface area contributed by atoms with E-state index in [1.807, 2.05) is 0 Å². The highest BCUT2D eigenvalue weighted by Gasteiger charge is 2.34. The number of ether oxygens (including phenoxy) is 1. The third kappa shape index (κ3) is 2.24. The monoisotopic (exact) mass is 323 g/mol. The minimum atomic E-state index is 0.127. The number of thiazole rings is 1. The van der Waals surface area contributed by atoms with E-state index in [2.05, 4.69) is 27.6 Å². The Balaban J connectivity index is 1.81. The van der Waals surface area contributed by atoms with Gasteiger partial charge in [0.25, 0.3) is 0 Å². The summed E-state index contributed by atoms with van der Waals surface area (Å²) >= 11 is 3.24. The van der Waals surface area contributed by atoms with E-state index in [1.165, 1.54) is 32.0 Å². The molecule has 3 aromatic rings. The summed E-state index contributed by atoms with van der Waals surface area (Å²) in [5, 5.41) is 16.7. The van der Waals surface area contributed by atoms with E-state index in [0.717, 1.165) is 36.1 Å². The van der Waals surface area contributed by atoms with E-state index in [0.29, 0.717) is 0 Å². The second-order valence-corrected chi connectivity index (χ2v) is 6.95. The first-order valence-corrected chi connectivity index (χ1v) is 8.51. The zero-order chi connectivity index (χ0) is 14.2. The Morgan fingerprint density at radius 3 is 2.95 bits per heavy atom. The molecule has 0 saturated carbocycles. The zero-order valence-electron chi connectivity index (χ0n) is 11.2. The molecule has 0 radical (unpaired) electrons. The van der Waals surface area contributed by atoms with Gasteiger partial charge in [0.2, 0.25) is 10.8 Å². The first kappa shape index (κ1) is 13.2. The van der Waals surface area contributed by atoms with Gasteiger partial charge < -0.3 is 14.7 Å². The number of quaternary nitrogens is 1. The fourth-order valence-electron chi connectivity index (χ4n) is 2.78. The highest BCUT2D eigenvalue weighted by Crippen LogP contribution is 2.35. The Morgan fingerprint density at radius 2 is 2.24 bits per heavy atom. The lowest BCUT2D eigenvalue weighted by Crippen LogP contribution is -3.14. The first-order chi connectivity index (χ1) is 10.3. The van der Waals surface area contributed by atoms with Crippen LogP contribution in [0.2, 0.25) is 0 Å². The van der Waals surface area contributed by atoms with Gasteiger partial charge in [0.15, 0.2) is 6.04 Å². The smallest absolute Gasteiger partial charge is 0.235 e. The fourth-order valence-corrected chi connectivity index (χ4v) is 4.85. The molecular formula is C13H15N4O2S2+. The minimum Gasteiger partial charge on any atom is -0.492 e. The maximum atomic E-state index is 10.5. The maximum absolute atomic E-state index is 10.5. The first-order valence-electron chi connectivity index (χ1n) is 6.81. The molecule has 0 aliphatic carbocycles. The number of thiophene rings is 1. The van der Waals surface area contributed by atoms with Crippen molar-refractivity contribution in [1.29, 1.82) is 0 Å². The molecule has 0 unspecified atom stereocenters. The van der Waals surface area contributed by atoms with Crippen LogP contribution >= 0.6 is 22.7 Å². The lowest BCUT2D eigenvalue weighted by molar-refractivity contribution is -0.932. The van der Waals surface area contributed by atoms with Gasteiger partial charge in [0, 0.05) is 0 Å². The SMILES string of the molecule is Oc1c([C@@H](c2cccs2)[NH+]2CCOCC2)sc2ncnn12. The standard InChI is InChI=1S/C13H14N4O2S2/c18-12-11(21-13-14-8-15-17(12)13)10(9-2-1-7-20-9)16-3-5-19-6-4-16/h1-2,7-8,10,18H,3-6H2/p+1/t10-/m1/s1. The van der Waals surface area contributed by atoms with Crippen molar-refractivity contribution in [3.8, 4) is 5.88 Å². The summed E-state index contributed by atoms with van der Waals surface area (Å²) < 4.78 is 6.99.